The molecule has 0 aliphatic carbocycles. The van der Waals surface area contributed by atoms with Crippen LogP contribution in [0.5, 0.6) is 0 Å². The maximum atomic E-state index is 12.7. The molecule has 1 aromatic heterocycles. The lowest BCUT2D eigenvalue weighted by Gasteiger charge is -2.33. The van der Waals surface area contributed by atoms with Crippen LogP contribution >= 0.6 is 15.9 Å². The number of hydrogen-bond donors (Lipinski definition) is 1. The van der Waals surface area contributed by atoms with Crippen molar-refractivity contribution >= 4 is 27.8 Å². The summed E-state index contributed by atoms with van der Waals surface area (Å²) in [5.74, 6) is -1.11. The molecule has 5 nitrogen and oxygen atoms in total. The molecular weight excluding hydrogens is 324 g/mol. The molecule has 1 amide bonds. The largest absolute Gasteiger partial charge is 0.480 e. The minimum atomic E-state index is -0.917. The number of halogens is 1. The van der Waals surface area contributed by atoms with Crippen molar-refractivity contribution in [2.45, 2.75) is 45.2 Å². The van der Waals surface area contributed by atoms with Gasteiger partial charge in [0.2, 0.25) is 0 Å². The maximum absolute atomic E-state index is 12.7. The number of aliphatic carboxylic acids is 1. The van der Waals surface area contributed by atoms with Crippen molar-refractivity contribution in [3.63, 3.8) is 0 Å². The van der Waals surface area contributed by atoms with Crippen molar-refractivity contribution in [3.05, 3.63) is 22.4 Å². The molecule has 0 saturated carbocycles. The van der Waals surface area contributed by atoms with Gasteiger partial charge in [-0.05, 0) is 55.1 Å². The summed E-state index contributed by atoms with van der Waals surface area (Å²) in [5, 5.41) is 9.28. The molecule has 0 bridgehead atoms. The summed E-state index contributed by atoms with van der Waals surface area (Å²) in [6.07, 6.45) is 4.11. The number of carboxylic acid groups (broad SMARTS) is 1. The molecular formula is C14H19BrN2O3. The van der Waals surface area contributed by atoms with Crippen LogP contribution in [-0.2, 0) is 4.79 Å². The summed E-state index contributed by atoms with van der Waals surface area (Å²) < 4.78 is 2.71. The predicted octanol–water partition coefficient (Wildman–Crippen LogP) is 2.91. The van der Waals surface area contributed by atoms with Gasteiger partial charge in [0.25, 0.3) is 5.91 Å². The van der Waals surface area contributed by atoms with Gasteiger partial charge in [0.15, 0.2) is 0 Å². The van der Waals surface area contributed by atoms with E-state index in [9.17, 15) is 14.7 Å². The SMILES string of the molecule is CC(C)n1cc(Br)cc1C(=O)N1CCCC[C@@H]1C(=O)O. The Morgan fingerprint density at radius 3 is 2.70 bits per heavy atom. The second kappa shape index (κ2) is 5.99. The average Bonchev–Trinajstić information content (AvgIpc) is 2.80. The van der Waals surface area contributed by atoms with Crippen LogP contribution in [0, 0.1) is 0 Å². The third kappa shape index (κ3) is 2.90. The second-order valence-electron chi connectivity index (χ2n) is 5.39. The van der Waals surface area contributed by atoms with Gasteiger partial charge < -0.3 is 14.6 Å². The second-order valence-corrected chi connectivity index (χ2v) is 6.31. The fourth-order valence-electron chi connectivity index (χ4n) is 2.62. The van der Waals surface area contributed by atoms with Crippen molar-refractivity contribution in [2.75, 3.05) is 6.54 Å². The number of likely N-dealkylation sites (tertiary alicyclic amines) is 1. The number of piperidine rings is 1. The predicted molar refractivity (Wildman–Crippen MR) is 78.8 cm³/mol. The standard InChI is InChI=1S/C14H19BrN2O3/c1-9(2)17-8-10(15)7-12(17)13(18)16-6-4-3-5-11(16)14(19)20/h7-9,11H,3-6H2,1-2H3,(H,19,20)/t11-/m1/s1. The highest BCUT2D eigenvalue weighted by Gasteiger charge is 2.33. The zero-order valence-electron chi connectivity index (χ0n) is 11.7. The van der Waals surface area contributed by atoms with E-state index in [1.54, 1.807) is 6.07 Å². The molecule has 1 N–H and O–H groups in total. The first-order chi connectivity index (χ1) is 9.41. The first kappa shape index (κ1) is 15.1. The molecule has 1 aromatic rings. The lowest BCUT2D eigenvalue weighted by atomic mass is 10.0. The average molecular weight is 343 g/mol. The van der Waals surface area contributed by atoms with Crippen molar-refractivity contribution in [1.82, 2.24) is 9.47 Å². The van der Waals surface area contributed by atoms with Crippen LogP contribution in [-0.4, -0.2) is 39.0 Å². The Bertz CT molecular complexity index is 524. The summed E-state index contributed by atoms with van der Waals surface area (Å²) >= 11 is 3.38. The van der Waals surface area contributed by atoms with Gasteiger partial charge >= 0.3 is 5.97 Å². The minimum Gasteiger partial charge on any atom is -0.480 e. The highest BCUT2D eigenvalue weighted by atomic mass is 79.9. The van der Waals surface area contributed by atoms with E-state index in [1.807, 2.05) is 24.6 Å². The molecule has 1 aliphatic heterocycles. The van der Waals surface area contributed by atoms with Crippen LogP contribution < -0.4 is 0 Å². The van der Waals surface area contributed by atoms with Gasteiger partial charge in [0.05, 0.1) is 0 Å². The topological polar surface area (TPSA) is 62.5 Å². The van der Waals surface area contributed by atoms with Crippen molar-refractivity contribution in [2.24, 2.45) is 0 Å². The third-order valence-corrected chi connectivity index (χ3v) is 4.07. The lowest BCUT2D eigenvalue weighted by molar-refractivity contribution is -0.143. The van der Waals surface area contributed by atoms with Crippen molar-refractivity contribution < 1.29 is 14.7 Å². The lowest BCUT2D eigenvalue weighted by Crippen LogP contribution is -2.48. The van der Waals surface area contributed by atoms with Gasteiger partial charge in [0, 0.05) is 23.3 Å². The number of hydrogen-bond acceptors (Lipinski definition) is 2. The minimum absolute atomic E-state index is 0.147. The number of rotatable bonds is 3. The van der Waals surface area contributed by atoms with Gasteiger partial charge in [-0.2, -0.15) is 0 Å². The van der Waals surface area contributed by atoms with E-state index >= 15 is 0 Å². The summed E-state index contributed by atoms with van der Waals surface area (Å²) in [6.45, 7) is 4.50. The zero-order valence-corrected chi connectivity index (χ0v) is 13.3. The van der Waals surface area contributed by atoms with Gasteiger partial charge in [-0.25, -0.2) is 4.79 Å². The Balaban J connectivity index is 2.32. The summed E-state index contributed by atoms with van der Waals surface area (Å²) in [4.78, 5) is 25.5. The first-order valence-electron chi connectivity index (χ1n) is 6.83. The molecule has 1 fully saturated rings. The molecule has 20 heavy (non-hydrogen) atoms. The van der Waals surface area contributed by atoms with E-state index in [4.69, 9.17) is 0 Å². The Morgan fingerprint density at radius 1 is 1.40 bits per heavy atom. The van der Waals surface area contributed by atoms with E-state index in [1.165, 1.54) is 4.90 Å². The van der Waals surface area contributed by atoms with Crippen LogP contribution in [0.2, 0.25) is 0 Å². The Labute approximate surface area is 126 Å². The third-order valence-electron chi connectivity index (χ3n) is 3.64. The molecule has 2 rings (SSSR count). The number of amides is 1. The van der Waals surface area contributed by atoms with E-state index in [-0.39, 0.29) is 11.9 Å². The number of nitrogens with zero attached hydrogens (tertiary/aromatic N) is 2. The highest BCUT2D eigenvalue weighted by Crippen LogP contribution is 2.24. The van der Waals surface area contributed by atoms with Crippen LogP contribution in [0.15, 0.2) is 16.7 Å². The van der Waals surface area contributed by atoms with E-state index in [0.29, 0.717) is 18.7 Å². The van der Waals surface area contributed by atoms with Gasteiger partial charge in [0.1, 0.15) is 11.7 Å². The molecule has 0 aromatic carbocycles. The molecule has 1 saturated heterocycles. The quantitative estimate of drug-likeness (QED) is 0.918. The Hall–Kier alpha value is -1.30. The maximum Gasteiger partial charge on any atom is 0.326 e. The Morgan fingerprint density at radius 2 is 2.10 bits per heavy atom. The van der Waals surface area contributed by atoms with Crippen LogP contribution in [0.25, 0.3) is 0 Å². The number of carboxylic acids is 1. The molecule has 0 spiro atoms. The molecule has 110 valence electrons. The molecule has 1 aliphatic rings. The van der Waals surface area contributed by atoms with Gasteiger partial charge in [-0.3, -0.25) is 4.79 Å². The smallest absolute Gasteiger partial charge is 0.326 e. The van der Waals surface area contributed by atoms with Crippen LogP contribution in [0.4, 0.5) is 0 Å². The van der Waals surface area contributed by atoms with Crippen molar-refractivity contribution in [3.8, 4) is 0 Å². The van der Waals surface area contributed by atoms with Crippen LogP contribution in [0.1, 0.15) is 49.6 Å². The van der Waals surface area contributed by atoms with Crippen LogP contribution in [0.3, 0.4) is 0 Å². The number of aromatic nitrogens is 1. The molecule has 2 heterocycles. The van der Waals surface area contributed by atoms with Gasteiger partial charge in [-0.15, -0.1) is 0 Å². The van der Waals surface area contributed by atoms with Crippen molar-refractivity contribution in [1.29, 1.82) is 0 Å². The van der Waals surface area contributed by atoms with Gasteiger partial charge in [-0.1, -0.05) is 0 Å². The summed E-state index contributed by atoms with van der Waals surface area (Å²) in [6, 6.07) is 1.20. The van der Waals surface area contributed by atoms with E-state index < -0.39 is 12.0 Å². The Kier molecular flexibility index (Phi) is 4.52. The summed E-state index contributed by atoms with van der Waals surface area (Å²) in [5.41, 5.74) is 0.542. The highest BCUT2D eigenvalue weighted by molar-refractivity contribution is 9.10. The normalized spacial score (nSPS) is 19.4. The fraction of sp³-hybridized carbons (Fsp3) is 0.571. The number of carbonyl (C=O) groups is 2. The summed E-state index contributed by atoms with van der Waals surface area (Å²) in [7, 11) is 0. The molecule has 0 radical (unpaired) electrons. The molecule has 1 atom stereocenters. The molecule has 0 unspecified atom stereocenters. The number of carbonyl (C=O) groups excluding carboxylic acids is 1. The zero-order chi connectivity index (χ0) is 14.9. The molecule has 6 heteroatoms. The fourth-order valence-corrected chi connectivity index (χ4v) is 3.06. The van der Waals surface area contributed by atoms with E-state index in [0.717, 1.165) is 17.3 Å². The first-order valence-corrected chi connectivity index (χ1v) is 7.62. The van der Waals surface area contributed by atoms with E-state index in [2.05, 4.69) is 15.9 Å². The monoisotopic (exact) mass is 342 g/mol.